The maximum atomic E-state index is 11.5. The maximum absolute atomic E-state index is 11.5. The summed E-state index contributed by atoms with van der Waals surface area (Å²) in [7, 11) is 0. The van der Waals surface area contributed by atoms with Gasteiger partial charge < -0.3 is 11.1 Å². The van der Waals surface area contributed by atoms with Crippen molar-refractivity contribution >= 4 is 29.1 Å². The third kappa shape index (κ3) is 6.81. The largest absolute Gasteiger partial charge is 0.356 e. The van der Waals surface area contributed by atoms with Gasteiger partial charge in [-0.1, -0.05) is 29.3 Å². The van der Waals surface area contributed by atoms with Crippen LogP contribution in [-0.2, 0) is 11.2 Å². The molecule has 0 saturated heterocycles. The van der Waals surface area contributed by atoms with Crippen molar-refractivity contribution in [1.82, 2.24) is 5.32 Å². The Morgan fingerprint density at radius 3 is 2.63 bits per heavy atom. The van der Waals surface area contributed by atoms with Crippen LogP contribution in [0.5, 0.6) is 0 Å². The highest BCUT2D eigenvalue weighted by Gasteiger charge is 2.03. The van der Waals surface area contributed by atoms with Crippen molar-refractivity contribution in [2.45, 2.75) is 32.1 Å². The van der Waals surface area contributed by atoms with Gasteiger partial charge in [-0.3, -0.25) is 4.79 Å². The lowest BCUT2D eigenvalue weighted by Gasteiger charge is -2.05. The fraction of sp³-hybridized carbons (Fsp3) is 0.500. The van der Waals surface area contributed by atoms with Crippen LogP contribution in [-0.4, -0.2) is 19.0 Å². The van der Waals surface area contributed by atoms with Crippen molar-refractivity contribution < 1.29 is 4.79 Å². The van der Waals surface area contributed by atoms with Gasteiger partial charge in [0.25, 0.3) is 0 Å². The average Bonchev–Trinajstić information content (AvgIpc) is 2.39. The van der Waals surface area contributed by atoms with Crippen LogP contribution in [0.1, 0.15) is 31.2 Å². The summed E-state index contributed by atoms with van der Waals surface area (Å²) in [5.41, 5.74) is 6.48. The van der Waals surface area contributed by atoms with E-state index in [1.54, 1.807) is 6.07 Å². The molecule has 0 atom stereocenters. The highest BCUT2D eigenvalue weighted by molar-refractivity contribution is 6.42. The number of hydrogen-bond acceptors (Lipinski definition) is 2. The van der Waals surface area contributed by atoms with Crippen LogP contribution in [0.3, 0.4) is 0 Å². The molecule has 1 aromatic carbocycles. The Morgan fingerprint density at radius 2 is 1.95 bits per heavy atom. The first-order valence-corrected chi connectivity index (χ1v) is 7.29. The number of halogens is 2. The third-order valence-corrected chi connectivity index (χ3v) is 3.55. The molecule has 0 saturated carbocycles. The van der Waals surface area contributed by atoms with E-state index in [2.05, 4.69) is 5.32 Å². The van der Waals surface area contributed by atoms with Gasteiger partial charge in [0, 0.05) is 13.0 Å². The van der Waals surface area contributed by atoms with Gasteiger partial charge in [0.2, 0.25) is 5.91 Å². The summed E-state index contributed by atoms with van der Waals surface area (Å²) in [6.45, 7) is 1.38. The van der Waals surface area contributed by atoms with Gasteiger partial charge in [0.15, 0.2) is 0 Å². The van der Waals surface area contributed by atoms with Gasteiger partial charge in [-0.2, -0.15) is 0 Å². The number of rotatable bonds is 8. The number of carbonyl (C=O) groups excluding carboxylic acids is 1. The minimum absolute atomic E-state index is 0.0945. The average molecular weight is 303 g/mol. The van der Waals surface area contributed by atoms with E-state index in [4.69, 9.17) is 28.9 Å². The molecule has 0 aliphatic heterocycles. The van der Waals surface area contributed by atoms with Gasteiger partial charge in [-0.25, -0.2) is 0 Å². The van der Waals surface area contributed by atoms with Crippen LogP contribution >= 0.6 is 23.2 Å². The monoisotopic (exact) mass is 302 g/mol. The number of unbranched alkanes of at least 4 members (excludes halogenated alkanes) is 1. The molecular formula is C14H20Cl2N2O. The van der Waals surface area contributed by atoms with Crippen LogP contribution < -0.4 is 11.1 Å². The zero-order valence-electron chi connectivity index (χ0n) is 10.9. The second kappa shape index (κ2) is 9.18. The van der Waals surface area contributed by atoms with E-state index in [0.717, 1.165) is 31.2 Å². The van der Waals surface area contributed by atoms with E-state index < -0.39 is 0 Å². The summed E-state index contributed by atoms with van der Waals surface area (Å²) in [5, 5.41) is 4.00. The topological polar surface area (TPSA) is 55.1 Å². The molecule has 1 amide bonds. The molecule has 0 radical (unpaired) electrons. The standard InChI is InChI=1S/C14H20Cl2N2O/c15-12-7-6-11(10-13(12)16)4-3-5-14(19)18-9-2-1-8-17/h6-7,10H,1-5,8-9,17H2,(H,18,19). The van der Waals surface area contributed by atoms with Crippen LogP contribution in [0.25, 0.3) is 0 Å². The van der Waals surface area contributed by atoms with E-state index in [1.807, 2.05) is 12.1 Å². The van der Waals surface area contributed by atoms with E-state index in [0.29, 0.717) is 29.6 Å². The Morgan fingerprint density at radius 1 is 1.16 bits per heavy atom. The Balaban J connectivity index is 2.18. The minimum Gasteiger partial charge on any atom is -0.356 e. The molecule has 106 valence electrons. The molecule has 19 heavy (non-hydrogen) atoms. The third-order valence-electron chi connectivity index (χ3n) is 2.81. The molecule has 0 aliphatic rings. The minimum atomic E-state index is 0.0945. The molecule has 0 aromatic heterocycles. The number of amides is 1. The predicted octanol–water partition coefficient (Wildman–Crippen LogP) is 3.17. The van der Waals surface area contributed by atoms with E-state index in [1.165, 1.54) is 0 Å². The predicted molar refractivity (Wildman–Crippen MR) is 80.7 cm³/mol. The normalized spacial score (nSPS) is 10.5. The van der Waals surface area contributed by atoms with Gasteiger partial charge in [0.1, 0.15) is 0 Å². The number of hydrogen-bond donors (Lipinski definition) is 2. The summed E-state index contributed by atoms with van der Waals surface area (Å²) in [6, 6.07) is 5.57. The fourth-order valence-corrected chi connectivity index (χ4v) is 2.05. The van der Waals surface area contributed by atoms with Crippen molar-refractivity contribution in [1.29, 1.82) is 0 Å². The van der Waals surface area contributed by atoms with E-state index in [-0.39, 0.29) is 5.91 Å². The lowest BCUT2D eigenvalue weighted by atomic mass is 10.1. The van der Waals surface area contributed by atoms with Crippen LogP contribution in [0.2, 0.25) is 10.0 Å². The zero-order chi connectivity index (χ0) is 14.1. The highest BCUT2D eigenvalue weighted by atomic mass is 35.5. The van der Waals surface area contributed by atoms with Gasteiger partial charge in [0.05, 0.1) is 10.0 Å². The first kappa shape index (κ1) is 16.3. The molecule has 1 aromatic rings. The van der Waals surface area contributed by atoms with Crippen molar-refractivity contribution in [2.75, 3.05) is 13.1 Å². The highest BCUT2D eigenvalue weighted by Crippen LogP contribution is 2.23. The number of carbonyl (C=O) groups is 1. The van der Waals surface area contributed by atoms with E-state index >= 15 is 0 Å². The summed E-state index contributed by atoms with van der Waals surface area (Å²) < 4.78 is 0. The molecule has 0 fully saturated rings. The molecule has 3 nitrogen and oxygen atoms in total. The maximum Gasteiger partial charge on any atom is 0.220 e. The molecule has 0 heterocycles. The lowest BCUT2D eigenvalue weighted by molar-refractivity contribution is -0.121. The van der Waals surface area contributed by atoms with Gasteiger partial charge >= 0.3 is 0 Å². The van der Waals surface area contributed by atoms with Crippen LogP contribution in [0.4, 0.5) is 0 Å². The quantitative estimate of drug-likeness (QED) is 0.725. The molecule has 1 rings (SSSR count). The molecule has 0 unspecified atom stereocenters. The summed E-state index contributed by atoms with van der Waals surface area (Å²) >= 11 is 11.8. The number of aryl methyl sites for hydroxylation is 1. The molecule has 0 aliphatic carbocycles. The van der Waals surface area contributed by atoms with Crippen molar-refractivity contribution in [3.05, 3.63) is 33.8 Å². The van der Waals surface area contributed by atoms with Crippen LogP contribution in [0.15, 0.2) is 18.2 Å². The number of nitrogens with one attached hydrogen (secondary N) is 1. The zero-order valence-corrected chi connectivity index (χ0v) is 12.4. The van der Waals surface area contributed by atoms with Crippen LogP contribution in [0, 0.1) is 0 Å². The summed E-state index contributed by atoms with van der Waals surface area (Å²) in [4.78, 5) is 11.5. The molecular weight excluding hydrogens is 283 g/mol. The Kier molecular flexibility index (Phi) is 7.87. The van der Waals surface area contributed by atoms with Crippen molar-refractivity contribution in [2.24, 2.45) is 5.73 Å². The molecule has 5 heteroatoms. The summed E-state index contributed by atoms with van der Waals surface area (Å²) in [5.74, 6) is 0.0945. The van der Waals surface area contributed by atoms with Crippen molar-refractivity contribution in [3.63, 3.8) is 0 Å². The lowest BCUT2D eigenvalue weighted by Crippen LogP contribution is -2.24. The Labute approximate surface area is 124 Å². The van der Waals surface area contributed by atoms with E-state index in [9.17, 15) is 4.79 Å². The second-order valence-electron chi connectivity index (χ2n) is 4.45. The number of nitrogens with two attached hydrogens (primary N) is 1. The van der Waals surface area contributed by atoms with Gasteiger partial charge in [-0.05, 0) is 49.9 Å². The number of benzene rings is 1. The SMILES string of the molecule is NCCCCNC(=O)CCCc1ccc(Cl)c(Cl)c1. The first-order valence-electron chi connectivity index (χ1n) is 6.54. The molecule has 0 bridgehead atoms. The van der Waals surface area contributed by atoms with Gasteiger partial charge in [-0.15, -0.1) is 0 Å². The fourth-order valence-electron chi connectivity index (χ4n) is 1.73. The smallest absolute Gasteiger partial charge is 0.220 e. The molecule has 3 N–H and O–H groups in total. The summed E-state index contributed by atoms with van der Waals surface area (Å²) in [6.07, 6.45) is 4.05. The van der Waals surface area contributed by atoms with Crippen molar-refractivity contribution in [3.8, 4) is 0 Å². The Hall–Kier alpha value is -0.770. The first-order chi connectivity index (χ1) is 9.13. The molecule has 0 spiro atoms. The second-order valence-corrected chi connectivity index (χ2v) is 5.26. The Bertz CT molecular complexity index is 410.